The van der Waals surface area contributed by atoms with Gasteiger partial charge < -0.3 is 16.4 Å². The highest BCUT2D eigenvalue weighted by Crippen LogP contribution is 2.68. The maximum atomic E-state index is 15.5. The molecule has 3 heterocycles. The summed E-state index contributed by atoms with van der Waals surface area (Å²) >= 11 is 6.51. The number of H-pyrrole nitrogens is 1. The van der Waals surface area contributed by atoms with Gasteiger partial charge in [0.2, 0.25) is 11.7 Å². The predicted molar refractivity (Wildman–Crippen MR) is 212 cm³/mol. The van der Waals surface area contributed by atoms with Crippen LogP contribution in [0.2, 0.25) is 5.02 Å². The summed E-state index contributed by atoms with van der Waals surface area (Å²) in [6.45, 7) is -1.06. The molecular formula is C40H31ClF8N9O4S+. The number of halogens is 9. The van der Waals surface area contributed by atoms with Crippen LogP contribution >= 0.6 is 11.6 Å². The Morgan fingerprint density at radius 1 is 1.05 bits per heavy atom. The summed E-state index contributed by atoms with van der Waals surface area (Å²) < 4.78 is 147. The van der Waals surface area contributed by atoms with E-state index in [0.29, 0.717) is 16.8 Å². The number of carbonyl (C=O) groups is 1. The number of nitrogens with one attached hydrogen (secondary N) is 3. The summed E-state index contributed by atoms with van der Waals surface area (Å²) in [6, 6.07) is 8.43. The fourth-order valence-corrected chi connectivity index (χ4v) is 8.78. The van der Waals surface area contributed by atoms with Crippen molar-refractivity contribution in [1.82, 2.24) is 24.6 Å². The number of carbonyl (C=O) groups excluding carboxylic acids is 1. The fraction of sp³-hybridized carbons (Fsp3) is 0.250. The number of hydrogen-bond donors (Lipinski definition) is 3. The van der Waals surface area contributed by atoms with Crippen LogP contribution in [0.4, 0.5) is 40.8 Å². The van der Waals surface area contributed by atoms with Crippen LogP contribution in [-0.2, 0) is 33.7 Å². The Morgan fingerprint density at radius 2 is 1.76 bits per heavy atom. The standard InChI is InChI=1S/C40H30ClF8N9O4S/c1-51-32-28(8-6-24(41)31(32)36(50)56-63(2,61)62)58-38(54-37-21(39(58)60)5-7-26(53-37)20-4-3-17(42)13-25(20)45)27(11-16-9-18(43)12-19(44)10-16)52-29(59)15-57-34-30(33(55-57)35(46)47)22-14-23(22)40(34,48)49/h3-10,12-13,22-23,27,35,51H,11,14-15H2,1-2H3,(H2,50,56)(H,52,59)/p+1/t22-,23+,27-/m0/s1. The van der Waals surface area contributed by atoms with Crippen LogP contribution in [0.3, 0.4) is 0 Å². The third-order valence-electron chi connectivity index (χ3n) is 10.7. The fourth-order valence-electron chi connectivity index (χ4n) is 8.08. The summed E-state index contributed by atoms with van der Waals surface area (Å²) in [6.07, 6.45) is -3.11. The SMILES string of the molecule is CNc1c(-n2c([C@H](Cc3cc(F)cc(F)c3)NC(=O)Cn3nc(C(F)F)c4c3C(F)(F)[C@@H]3C[C@H]43)[nH+]c3nc(-c4ccc(F)cc4F)ccc3c2=O)ccc(Cl)c1C(N)=NS(C)(=O)=O. The van der Waals surface area contributed by atoms with Gasteiger partial charge in [-0.15, -0.1) is 9.38 Å². The van der Waals surface area contributed by atoms with Gasteiger partial charge in [0.1, 0.15) is 69.8 Å². The monoisotopic (exact) mass is 920 g/mol. The molecule has 0 bridgehead atoms. The van der Waals surface area contributed by atoms with Gasteiger partial charge in [-0.3, -0.25) is 9.48 Å². The van der Waals surface area contributed by atoms with Crippen molar-refractivity contribution in [3.8, 4) is 16.9 Å². The molecule has 1 amide bonds. The molecule has 0 aliphatic heterocycles. The summed E-state index contributed by atoms with van der Waals surface area (Å²) in [4.78, 5) is 36.3. The Hall–Kier alpha value is -6.42. The molecule has 2 aliphatic rings. The number of nitrogens with zero attached hydrogens (tertiary/aromatic N) is 5. The van der Waals surface area contributed by atoms with Gasteiger partial charge in [0.25, 0.3) is 28.0 Å². The van der Waals surface area contributed by atoms with Crippen LogP contribution in [0, 0.1) is 29.2 Å². The predicted octanol–water partition coefficient (Wildman–Crippen LogP) is 6.23. The highest BCUT2D eigenvalue weighted by molar-refractivity contribution is 7.89. The number of aromatic nitrogens is 5. The molecule has 1 fully saturated rings. The second-order valence-electron chi connectivity index (χ2n) is 14.9. The topological polar surface area (TPSA) is 180 Å². The van der Waals surface area contributed by atoms with Gasteiger partial charge in [-0.25, -0.2) is 44.5 Å². The summed E-state index contributed by atoms with van der Waals surface area (Å²) in [5, 5.41) is 8.72. The first kappa shape index (κ1) is 43.2. The minimum absolute atomic E-state index is 0.0461. The summed E-state index contributed by atoms with van der Waals surface area (Å²) in [7, 11) is -2.78. The Bertz CT molecular complexity index is 3090. The first-order valence-electron chi connectivity index (χ1n) is 18.7. The van der Waals surface area contributed by atoms with Gasteiger partial charge in [-0.1, -0.05) is 11.6 Å². The van der Waals surface area contributed by atoms with E-state index in [1.54, 1.807) is 0 Å². The molecule has 13 nitrogen and oxygen atoms in total. The lowest BCUT2D eigenvalue weighted by Gasteiger charge is -2.22. The highest BCUT2D eigenvalue weighted by atomic mass is 35.5. The lowest BCUT2D eigenvalue weighted by atomic mass is 10.0. The molecule has 3 aromatic carbocycles. The van der Waals surface area contributed by atoms with E-state index in [0.717, 1.165) is 35.1 Å². The molecule has 0 radical (unpaired) electrons. The van der Waals surface area contributed by atoms with Crippen molar-refractivity contribution in [2.45, 2.75) is 43.7 Å². The first-order chi connectivity index (χ1) is 29.7. The van der Waals surface area contributed by atoms with Crippen LogP contribution in [0.5, 0.6) is 0 Å². The number of nitrogens with two attached hydrogens (primary N) is 1. The number of anilines is 1. The van der Waals surface area contributed by atoms with E-state index in [-0.39, 0.29) is 67.6 Å². The molecule has 0 saturated heterocycles. The van der Waals surface area contributed by atoms with Gasteiger partial charge in [-0.05, 0) is 66.4 Å². The molecular weight excluding hydrogens is 890 g/mol. The highest BCUT2D eigenvalue weighted by Gasteiger charge is 2.67. The minimum Gasteiger partial charge on any atom is -0.385 e. The molecule has 63 heavy (non-hydrogen) atoms. The number of hydrogen-bond acceptors (Lipinski definition) is 7. The van der Waals surface area contributed by atoms with Gasteiger partial charge in [0.15, 0.2) is 0 Å². The maximum absolute atomic E-state index is 15.5. The molecule has 3 atom stereocenters. The van der Waals surface area contributed by atoms with Crippen molar-refractivity contribution in [2.75, 3.05) is 18.6 Å². The first-order valence-corrected chi connectivity index (χ1v) is 20.9. The Kier molecular flexibility index (Phi) is 10.8. The van der Waals surface area contributed by atoms with Crippen molar-refractivity contribution in [2.24, 2.45) is 16.0 Å². The third kappa shape index (κ3) is 7.96. The van der Waals surface area contributed by atoms with Crippen molar-refractivity contribution in [3.63, 3.8) is 0 Å². The second-order valence-corrected chi connectivity index (χ2v) is 17.0. The quantitative estimate of drug-likeness (QED) is 0.0735. The van der Waals surface area contributed by atoms with Crippen LogP contribution in [-0.4, -0.2) is 52.8 Å². The zero-order valence-corrected chi connectivity index (χ0v) is 34.0. The molecule has 5 N–H and O–H groups in total. The third-order valence-corrected chi connectivity index (χ3v) is 11.5. The number of pyridine rings is 1. The lowest BCUT2D eigenvalue weighted by molar-refractivity contribution is -0.372. The number of aromatic amines is 1. The van der Waals surface area contributed by atoms with Crippen LogP contribution < -0.4 is 26.9 Å². The average molecular weight is 921 g/mol. The molecule has 8 rings (SSSR count). The molecule has 0 unspecified atom stereocenters. The van der Waals surface area contributed by atoms with E-state index >= 15 is 13.2 Å². The zero-order valence-electron chi connectivity index (χ0n) is 32.5. The molecule has 6 aromatic rings. The van der Waals surface area contributed by atoms with Crippen LogP contribution in [0.25, 0.3) is 28.0 Å². The molecule has 23 heteroatoms. The van der Waals surface area contributed by atoms with E-state index in [9.17, 15) is 40.0 Å². The number of benzene rings is 3. The molecule has 1 saturated carbocycles. The van der Waals surface area contributed by atoms with E-state index < -0.39 is 105 Å². The van der Waals surface area contributed by atoms with Crippen molar-refractivity contribution in [1.29, 1.82) is 0 Å². The van der Waals surface area contributed by atoms with Gasteiger partial charge in [0.05, 0.1) is 28.1 Å². The zero-order chi connectivity index (χ0) is 45.4. The number of amides is 1. The van der Waals surface area contributed by atoms with E-state index in [4.69, 9.17) is 17.3 Å². The minimum atomic E-state index is -4.14. The van der Waals surface area contributed by atoms with Crippen molar-refractivity contribution in [3.05, 3.63) is 133 Å². The average Bonchev–Trinajstić information content (AvgIpc) is 3.84. The van der Waals surface area contributed by atoms with Crippen LogP contribution in [0.1, 0.15) is 58.7 Å². The summed E-state index contributed by atoms with van der Waals surface area (Å²) in [5.41, 5.74) is 1.93. The van der Waals surface area contributed by atoms with E-state index in [1.807, 2.05) is 0 Å². The number of sulfonamides is 1. The number of amidine groups is 1. The number of rotatable bonds is 12. The maximum Gasteiger partial charge on any atom is 0.325 e. The van der Waals surface area contributed by atoms with Gasteiger partial charge in [0, 0.05) is 37.1 Å². The smallest absolute Gasteiger partial charge is 0.325 e. The molecule has 2 aliphatic carbocycles. The van der Waals surface area contributed by atoms with Gasteiger partial charge in [-0.2, -0.15) is 18.4 Å². The largest absolute Gasteiger partial charge is 0.385 e. The second kappa shape index (κ2) is 15.7. The Morgan fingerprint density at radius 3 is 2.41 bits per heavy atom. The normalized spacial score (nSPS) is 17.2. The summed E-state index contributed by atoms with van der Waals surface area (Å²) in [5.74, 6) is -11.9. The van der Waals surface area contributed by atoms with E-state index in [2.05, 4.69) is 30.1 Å². The molecule has 328 valence electrons. The Balaban J connectivity index is 1.36. The number of fused-ring (bicyclic) bond motifs is 4. The molecule has 3 aromatic heterocycles. The Labute approximate surface area is 355 Å². The van der Waals surface area contributed by atoms with E-state index in [1.165, 1.54) is 31.3 Å². The van der Waals surface area contributed by atoms with Crippen molar-refractivity contribution < 1.29 is 53.3 Å². The number of alkyl halides is 4. The van der Waals surface area contributed by atoms with Crippen LogP contribution in [0.15, 0.2) is 69.9 Å². The van der Waals surface area contributed by atoms with Gasteiger partial charge >= 0.3 is 5.56 Å². The van der Waals surface area contributed by atoms with Crippen molar-refractivity contribution >= 4 is 50.1 Å². The lowest BCUT2D eigenvalue weighted by Crippen LogP contribution is -2.42. The molecule has 0 spiro atoms.